The quantitative estimate of drug-likeness (QED) is 0.629. The highest BCUT2D eigenvalue weighted by atomic mass is 35.5. The van der Waals surface area contributed by atoms with Gasteiger partial charge in [-0.15, -0.1) is 0 Å². The molecule has 2 rings (SSSR count). The van der Waals surface area contributed by atoms with Crippen molar-refractivity contribution in [1.29, 1.82) is 0 Å². The van der Waals surface area contributed by atoms with Crippen LogP contribution in [-0.4, -0.2) is 33.8 Å². The Bertz CT molecular complexity index is 622. The maximum atomic E-state index is 5.99. The SMILES string of the molecule is CCNC(=NCc1ncnn1C)NCCc1cccc(Cl)c1. The number of nitrogens with one attached hydrogen (secondary N) is 2. The fourth-order valence-corrected chi connectivity index (χ4v) is 2.19. The van der Waals surface area contributed by atoms with E-state index in [4.69, 9.17) is 11.6 Å². The van der Waals surface area contributed by atoms with Gasteiger partial charge in [-0.2, -0.15) is 5.10 Å². The zero-order valence-electron chi connectivity index (χ0n) is 12.9. The van der Waals surface area contributed by atoms with Crippen LogP contribution in [0, 0.1) is 0 Å². The Morgan fingerprint density at radius 1 is 1.36 bits per heavy atom. The molecule has 0 radical (unpaired) electrons. The van der Waals surface area contributed by atoms with Crippen molar-refractivity contribution in [3.63, 3.8) is 0 Å². The molecule has 2 N–H and O–H groups in total. The van der Waals surface area contributed by atoms with E-state index in [1.54, 1.807) is 4.68 Å². The minimum Gasteiger partial charge on any atom is -0.357 e. The van der Waals surface area contributed by atoms with Crippen LogP contribution in [0.3, 0.4) is 0 Å². The molecule has 0 unspecified atom stereocenters. The molecular formula is C15H21ClN6. The van der Waals surface area contributed by atoms with Gasteiger partial charge in [0.25, 0.3) is 0 Å². The zero-order valence-corrected chi connectivity index (χ0v) is 13.6. The van der Waals surface area contributed by atoms with Crippen molar-refractivity contribution in [2.24, 2.45) is 12.0 Å². The van der Waals surface area contributed by atoms with Gasteiger partial charge < -0.3 is 10.6 Å². The Morgan fingerprint density at radius 2 is 2.23 bits per heavy atom. The minimum absolute atomic E-state index is 0.489. The summed E-state index contributed by atoms with van der Waals surface area (Å²) in [7, 11) is 1.86. The number of guanidine groups is 1. The Morgan fingerprint density at radius 3 is 2.91 bits per heavy atom. The van der Waals surface area contributed by atoms with E-state index in [1.807, 2.05) is 32.2 Å². The Labute approximate surface area is 135 Å². The molecule has 0 spiro atoms. The Kier molecular flexibility index (Phi) is 6.21. The van der Waals surface area contributed by atoms with Crippen LogP contribution >= 0.6 is 11.6 Å². The second kappa shape index (κ2) is 8.38. The van der Waals surface area contributed by atoms with E-state index in [9.17, 15) is 0 Å². The monoisotopic (exact) mass is 320 g/mol. The van der Waals surface area contributed by atoms with Gasteiger partial charge in [0, 0.05) is 25.2 Å². The normalized spacial score (nSPS) is 11.5. The number of nitrogens with zero attached hydrogens (tertiary/aromatic N) is 4. The molecule has 1 aromatic heterocycles. The smallest absolute Gasteiger partial charge is 0.191 e. The molecule has 7 heteroatoms. The average molecular weight is 321 g/mol. The van der Waals surface area contributed by atoms with Crippen molar-refractivity contribution >= 4 is 17.6 Å². The van der Waals surface area contributed by atoms with Crippen LogP contribution in [0.15, 0.2) is 35.6 Å². The summed E-state index contributed by atoms with van der Waals surface area (Å²) in [6.45, 7) is 4.12. The number of rotatable bonds is 6. The van der Waals surface area contributed by atoms with Gasteiger partial charge in [-0.25, -0.2) is 9.98 Å². The van der Waals surface area contributed by atoms with Crippen LogP contribution in [-0.2, 0) is 20.0 Å². The van der Waals surface area contributed by atoms with E-state index < -0.39 is 0 Å². The molecule has 0 atom stereocenters. The summed E-state index contributed by atoms with van der Waals surface area (Å²) >= 11 is 5.99. The van der Waals surface area contributed by atoms with E-state index in [1.165, 1.54) is 11.9 Å². The number of hydrogen-bond acceptors (Lipinski definition) is 3. The first-order chi connectivity index (χ1) is 10.7. The van der Waals surface area contributed by atoms with Crippen LogP contribution < -0.4 is 10.6 Å². The van der Waals surface area contributed by atoms with Crippen LogP contribution in [0.1, 0.15) is 18.3 Å². The van der Waals surface area contributed by atoms with E-state index >= 15 is 0 Å². The van der Waals surface area contributed by atoms with E-state index in [2.05, 4.69) is 31.8 Å². The Balaban J connectivity index is 1.87. The molecule has 1 aromatic carbocycles. The van der Waals surface area contributed by atoms with E-state index in [0.717, 1.165) is 36.3 Å². The van der Waals surface area contributed by atoms with Gasteiger partial charge >= 0.3 is 0 Å². The first-order valence-corrected chi connectivity index (χ1v) is 7.66. The maximum Gasteiger partial charge on any atom is 0.191 e. The van der Waals surface area contributed by atoms with Gasteiger partial charge in [0.05, 0.1) is 0 Å². The van der Waals surface area contributed by atoms with Crippen LogP contribution in [0.25, 0.3) is 0 Å². The predicted molar refractivity (Wildman–Crippen MR) is 89.0 cm³/mol. The fourth-order valence-electron chi connectivity index (χ4n) is 1.97. The summed E-state index contributed by atoms with van der Waals surface area (Å²) in [4.78, 5) is 8.67. The van der Waals surface area contributed by atoms with Crippen molar-refractivity contribution in [1.82, 2.24) is 25.4 Å². The first kappa shape index (κ1) is 16.3. The van der Waals surface area contributed by atoms with Gasteiger partial charge in [0.15, 0.2) is 5.96 Å². The molecule has 0 bridgehead atoms. The van der Waals surface area contributed by atoms with Crippen LogP contribution in [0.4, 0.5) is 0 Å². The molecule has 0 saturated carbocycles. The molecular weight excluding hydrogens is 300 g/mol. The summed E-state index contributed by atoms with van der Waals surface area (Å²) in [6, 6.07) is 7.89. The molecule has 0 fully saturated rings. The van der Waals surface area contributed by atoms with E-state index in [-0.39, 0.29) is 0 Å². The fraction of sp³-hybridized carbons (Fsp3) is 0.400. The predicted octanol–water partition coefficient (Wildman–Crippen LogP) is 1.77. The third-order valence-electron chi connectivity index (χ3n) is 3.12. The van der Waals surface area contributed by atoms with Gasteiger partial charge in [-0.1, -0.05) is 23.7 Å². The second-order valence-electron chi connectivity index (χ2n) is 4.80. The van der Waals surface area contributed by atoms with Gasteiger partial charge in [0.1, 0.15) is 18.7 Å². The van der Waals surface area contributed by atoms with Gasteiger partial charge in [-0.05, 0) is 31.0 Å². The topological polar surface area (TPSA) is 67.1 Å². The summed E-state index contributed by atoms with van der Waals surface area (Å²) in [5.74, 6) is 1.60. The molecule has 2 aromatic rings. The lowest BCUT2D eigenvalue weighted by Gasteiger charge is -2.11. The number of benzene rings is 1. The number of hydrogen-bond donors (Lipinski definition) is 2. The standard InChI is InChI=1S/C15H21ClN6/c1-3-17-15(19-10-14-20-11-21-22(14)2)18-8-7-12-5-4-6-13(16)9-12/h4-6,9,11H,3,7-8,10H2,1-2H3,(H2,17,18,19). The highest BCUT2D eigenvalue weighted by Crippen LogP contribution is 2.10. The number of aliphatic imine (C=N–C) groups is 1. The van der Waals surface area contributed by atoms with Crippen LogP contribution in [0.2, 0.25) is 5.02 Å². The lowest BCUT2D eigenvalue weighted by molar-refractivity contribution is 0.697. The van der Waals surface area contributed by atoms with Crippen molar-refractivity contribution < 1.29 is 0 Å². The molecule has 0 aliphatic rings. The minimum atomic E-state index is 0.489. The first-order valence-electron chi connectivity index (χ1n) is 7.28. The molecule has 118 valence electrons. The molecule has 22 heavy (non-hydrogen) atoms. The Hall–Kier alpha value is -2.08. The zero-order chi connectivity index (χ0) is 15.8. The summed E-state index contributed by atoms with van der Waals surface area (Å²) in [5, 5.41) is 11.3. The summed E-state index contributed by atoms with van der Waals surface area (Å²) in [6.07, 6.45) is 2.42. The lowest BCUT2D eigenvalue weighted by Crippen LogP contribution is -2.38. The van der Waals surface area contributed by atoms with Crippen molar-refractivity contribution in [3.05, 3.63) is 47.0 Å². The van der Waals surface area contributed by atoms with Gasteiger partial charge in [-0.3, -0.25) is 4.68 Å². The van der Waals surface area contributed by atoms with E-state index in [0.29, 0.717) is 6.54 Å². The molecule has 0 aliphatic heterocycles. The highest BCUT2D eigenvalue weighted by molar-refractivity contribution is 6.30. The molecule has 0 amide bonds. The summed E-state index contributed by atoms with van der Waals surface area (Å²) in [5.41, 5.74) is 1.20. The third-order valence-corrected chi connectivity index (χ3v) is 3.36. The molecule has 0 saturated heterocycles. The molecule has 0 aliphatic carbocycles. The maximum absolute atomic E-state index is 5.99. The average Bonchev–Trinajstić information content (AvgIpc) is 2.90. The number of halogens is 1. The largest absolute Gasteiger partial charge is 0.357 e. The van der Waals surface area contributed by atoms with Crippen molar-refractivity contribution in [2.75, 3.05) is 13.1 Å². The number of aromatic nitrogens is 3. The third kappa shape index (κ3) is 5.04. The van der Waals surface area contributed by atoms with Gasteiger partial charge in [0.2, 0.25) is 0 Å². The highest BCUT2D eigenvalue weighted by Gasteiger charge is 2.01. The molecule has 6 nitrogen and oxygen atoms in total. The second-order valence-corrected chi connectivity index (χ2v) is 5.24. The summed E-state index contributed by atoms with van der Waals surface area (Å²) < 4.78 is 1.72. The van der Waals surface area contributed by atoms with Crippen LogP contribution in [0.5, 0.6) is 0 Å². The molecule has 1 heterocycles. The van der Waals surface area contributed by atoms with Crippen molar-refractivity contribution in [3.8, 4) is 0 Å². The number of aryl methyl sites for hydroxylation is 1. The lowest BCUT2D eigenvalue weighted by atomic mass is 10.1. The van der Waals surface area contributed by atoms with Crippen molar-refractivity contribution in [2.45, 2.75) is 19.9 Å².